The van der Waals surface area contributed by atoms with Gasteiger partial charge in [-0.25, -0.2) is 13.4 Å². The predicted octanol–water partition coefficient (Wildman–Crippen LogP) is 4.50. The lowest BCUT2D eigenvalue weighted by Crippen LogP contribution is -2.49. The monoisotopic (exact) mass is 545 g/mol. The molecule has 10 heteroatoms. The van der Waals surface area contributed by atoms with Crippen molar-refractivity contribution in [2.24, 2.45) is 0 Å². The molecule has 0 bridgehead atoms. The molecular formula is C27H35N3O5S2. The lowest BCUT2D eigenvalue weighted by Gasteiger charge is -2.34. The van der Waals surface area contributed by atoms with Gasteiger partial charge in [0.2, 0.25) is 15.8 Å². The van der Waals surface area contributed by atoms with Crippen LogP contribution in [0.4, 0.5) is 5.13 Å². The van der Waals surface area contributed by atoms with E-state index in [-0.39, 0.29) is 0 Å². The lowest BCUT2D eigenvalue weighted by molar-refractivity contribution is 0.324. The third-order valence-corrected chi connectivity index (χ3v) is 10.2. The van der Waals surface area contributed by atoms with E-state index in [2.05, 4.69) is 11.0 Å². The van der Waals surface area contributed by atoms with Gasteiger partial charge in [0.1, 0.15) is 0 Å². The molecule has 2 heterocycles. The van der Waals surface area contributed by atoms with E-state index in [1.807, 2.05) is 45.2 Å². The summed E-state index contributed by atoms with van der Waals surface area (Å²) in [5.74, 6) is 1.78. The van der Waals surface area contributed by atoms with E-state index in [4.69, 9.17) is 19.2 Å². The number of hydrogen-bond acceptors (Lipinski definition) is 8. The van der Waals surface area contributed by atoms with Crippen molar-refractivity contribution in [1.82, 2.24) is 9.29 Å². The molecule has 0 radical (unpaired) electrons. The van der Waals surface area contributed by atoms with Gasteiger partial charge in [0.25, 0.3) is 0 Å². The zero-order chi connectivity index (χ0) is 26.9. The number of aromatic nitrogens is 1. The second-order valence-corrected chi connectivity index (χ2v) is 12.0. The summed E-state index contributed by atoms with van der Waals surface area (Å²) in [4.78, 5) is 7.47. The van der Waals surface area contributed by atoms with Gasteiger partial charge in [-0.3, -0.25) is 0 Å². The number of benzene rings is 2. The highest BCUT2D eigenvalue weighted by molar-refractivity contribution is 7.89. The van der Waals surface area contributed by atoms with E-state index in [0.717, 1.165) is 38.6 Å². The Kier molecular flexibility index (Phi) is 8.01. The number of piperazine rings is 1. The molecule has 0 N–H and O–H groups in total. The maximum absolute atomic E-state index is 13.6. The van der Waals surface area contributed by atoms with Crippen LogP contribution in [0.1, 0.15) is 33.5 Å². The summed E-state index contributed by atoms with van der Waals surface area (Å²) in [6, 6.07) is 5.92. The van der Waals surface area contributed by atoms with Gasteiger partial charge in [-0.15, -0.1) is 11.3 Å². The van der Waals surface area contributed by atoms with E-state index >= 15 is 0 Å². The summed E-state index contributed by atoms with van der Waals surface area (Å²) in [5.41, 5.74) is 5.61. The van der Waals surface area contributed by atoms with Crippen LogP contribution in [0.25, 0.3) is 0 Å². The Hall–Kier alpha value is -2.82. The SMILES string of the molecule is COc1cc(Cc2csc(N3CCN(S(=O)(=O)c4c(C)c(C)cc(C)c4C)CC3)n2)cc(OC)c1OC. The van der Waals surface area contributed by atoms with Crippen LogP contribution in [0.2, 0.25) is 0 Å². The highest BCUT2D eigenvalue weighted by Gasteiger charge is 2.32. The minimum Gasteiger partial charge on any atom is -0.493 e. The Morgan fingerprint density at radius 1 is 0.865 bits per heavy atom. The molecular weight excluding hydrogens is 510 g/mol. The van der Waals surface area contributed by atoms with Crippen molar-refractivity contribution < 1.29 is 22.6 Å². The zero-order valence-corrected chi connectivity index (χ0v) is 24.2. The van der Waals surface area contributed by atoms with Crippen molar-refractivity contribution in [3.8, 4) is 17.2 Å². The summed E-state index contributed by atoms with van der Waals surface area (Å²) in [5, 5.41) is 2.95. The van der Waals surface area contributed by atoms with E-state index in [1.165, 1.54) is 0 Å². The largest absolute Gasteiger partial charge is 0.493 e. The number of nitrogens with zero attached hydrogens (tertiary/aromatic N) is 3. The van der Waals surface area contributed by atoms with Crippen LogP contribution >= 0.6 is 11.3 Å². The Bertz CT molecular complexity index is 1340. The molecule has 0 aliphatic carbocycles. The first-order chi connectivity index (χ1) is 17.6. The maximum Gasteiger partial charge on any atom is 0.243 e. The van der Waals surface area contributed by atoms with Gasteiger partial charge >= 0.3 is 0 Å². The van der Waals surface area contributed by atoms with Crippen molar-refractivity contribution in [2.75, 3.05) is 52.4 Å². The van der Waals surface area contributed by atoms with Gasteiger partial charge in [-0.05, 0) is 67.6 Å². The van der Waals surface area contributed by atoms with E-state index < -0.39 is 10.0 Å². The molecule has 4 rings (SSSR count). The second-order valence-electron chi connectivity index (χ2n) is 9.31. The maximum atomic E-state index is 13.6. The van der Waals surface area contributed by atoms with E-state index in [9.17, 15) is 8.42 Å². The molecule has 1 saturated heterocycles. The van der Waals surface area contributed by atoms with Crippen LogP contribution in [0.5, 0.6) is 17.2 Å². The zero-order valence-electron chi connectivity index (χ0n) is 22.5. The number of ether oxygens (including phenoxy) is 3. The number of rotatable bonds is 8. The number of thiazole rings is 1. The summed E-state index contributed by atoms with van der Waals surface area (Å²) in [7, 11) is 1.22. The molecule has 0 amide bonds. The molecule has 3 aromatic rings. The van der Waals surface area contributed by atoms with Crippen molar-refractivity contribution in [3.63, 3.8) is 0 Å². The normalized spacial score (nSPS) is 14.6. The van der Waals surface area contributed by atoms with Crippen molar-refractivity contribution in [2.45, 2.75) is 39.0 Å². The van der Waals surface area contributed by atoms with Crippen LogP contribution in [0.15, 0.2) is 28.5 Å². The second kappa shape index (κ2) is 10.9. The fourth-order valence-corrected chi connectivity index (χ4v) is 7.66. The van der Waals surface area contributed by atoms with Crippen LogP contribution in [0.3, 0.4) is 0 Å². The summed E-state index contributed by atoms with van der Waals surface area (Å²) in [6.45, 7) is 9.78. The fraction of sp³-hybridized carbons (Fsp3) is 0.444. The van der Waals surface area contributed by atoms with Crippen LogP contribution in [-0.4, -0.2) is 65.2 Å². The molecule has 1 aliphatic rings. The smallest absolute Gasteiger partial charge is 0.243 e. The van der Waals surface area contributed by atoms with Gasteiger partial charge in [-0.1, -0.05) is 6.07 Å². The third-order valence-electron chi connectivity index (χ3n) is 7.05. The van der Waals surface area contributed by atoms with Crippen LogP contribution in [-0.2, 0) is 16.4 Å². The summed E-state index contributed by atoms with van der Waals surface area (Å²) in [6.07, 6.45) is 0.618. The Labute approximate surface area is 223 Å². The predicted molar refractivity (Wildman–Crippen MR) is 147 cm³/mol. The van der Waals surface area contributed by atoms with E-state index in [0.29, 0.717) is 54.7 Å². The van der Waals surface area contributed by atoms with Gasteiger partial charge in [-0.2, -0.15) is 4.31 Å². The van der Waals surface area contributed by atoms with Gasteiger partial charge in [0.05, 0.1) is 31.9 Å². The molecule has 2 aromatic carbocycles. The molecule has 1 aromatic heterocycles. The minimum atomic E-state index is -3.57. The van der Waals surface area contributed by atoms with Crippen molar-refractivity contribution >= 4 is 26.5 Å². The minimum absolute atomic E-state index is 0.427. The quantitative estimate of drug-likeness (QED) is 0.412. The number of methoxy groups -OCH3 is 3. The average Bonchev–Trinajstić information content (AvgIpc) is 3.35. The first-order valence-electron chi connectivity index (χ1n) is 12.2. The molecule has 0 saturated carbocycles. The highest BCUT2D eigenvalue weighted by Crippen LogP contribution is 2.39. The number of anilines is 1. The molecule has 0 spiro atoms. The third kappa shape index (κ3) is 5.28. The first kappa shape index (κ1) is 27.2. The summed E-state index contributed by atoms with van der Waals surface area (Å²) >= 11 is 1.58. The van der Waals surface area contributed by atoms with Gasteiger partial charge < -0.3 is 19.1 Å². The van der Waals surface area contributed by atoms with Crippen LogP contribution in [0, 0.1) is 27.7 Å². The van der Waals surface area contributed by atoms with Crippen LogP contribution < -0.4 is 19.1 Å². The molecule has 1 fully saturated rings. The van der Waals surface area contributed by atoms with Gasteiger partial charge in [0.15, 0.2) is 16.6 Å². The summed E-state index contributed by atoms with van der Waals surface area (Å²) < 4.78 is 45.2. The fourth-order valence-electron chi connectivity index (χ4n) is 4.79. The first-order valence-corrected chi connectivity index (χ1v) is 14.5. The van der Waals surface area contributed by atoms with Gasteiger partial charge in [0, 0.05) is 38.0 Å². The lowest BCUT2D eigenvalue weighted by atomic mass is 10.0. The number of aryl methyl sites for hydroxylation is 2. The topological polar surface area (TPSA) is 81.2 Å². The molecule has 8 nitrogen and oxygen atoms in total. The van der Waals surface area contributed by atoms with E-state index in [1.54, 1.807) is 37.0 Å². The molecule has 0 atom stereocenters. The highest BCUT2D eigenvalue weighted by atomic mass is 32.2. The van der Waals surface area contributed by atoms with Crippen molar-refractivity contribution in [3.05, 3.63) is 57.1 Å². The Morgan fingerprint density at radius 3 is 1.95 bits per heavy atom. The van der Waals surface area contributed by atoms with Crippen molar-refractivity contribution in [1.29, 1.82) is 0 Å². The molecule has 1 aliphatic heterocycles. The molecule has 37 heavy (non-hydrogen) atoms. The standard InChI is InChI=1S/C27H35N3O5S2/c1-17-12-18(2)20(4)26(19(17)3)37(31,32)30-10-8-29(9-11-30)27-28-22(16-36-27)13-21-14-23(33-5)25(35-7)24(15-21)34-6/h12,14-16H,8-11,13H2,1-7H3. The molecule has 0 unspecified atom stereocenters. The molecule has 200 valence electrons. The Morgan fingerprint density at radius 2 is 1.43 bits per heavy atom. The Balaban J connectivity index is 1.47. The number of sulfonamides is 1. The average molecular weight is 546 g/mol. The number of hydrogen-bond donors (Lipinski definition) is 0.